The van der Waals surface area contributed by atoms with Crippen LogP contribution in [0.3, 0.4) is 0 Å². The van der Waals surface area contributed by atoms with Crippen molar-refractivity contribution in [1.82, 2.24) is 14.7 Å². The number of carbonyl (C=O) groups is 1. The van der Waals surface area contributed by atoms with Gasteiger partial charge in [0.15, 0.2) is 0 Å². The van der Waals surface area contributed by atoms with Crippen LogP contribution in [0.5, 0.6) is 0 Å². The van der Waals surface area contributed by atoms with E-state index in [1.807, 2.05) is 30.2 Å². The van der Waals surface area contributed by atoms with Crippen LogP contribution in [-0.4, -0.2) is 73.0 Å². The molecule has 2 aliphatic rings. The first-order valence-corrected chi connectivity index (χ1v) is 7.15. The largest absolute Gasteiger partial charge is 0.465 e. The molecule has 0 spiro atoms. The number of furan rings is 1. The quantitative estimate of drug-likeness (QED) is 0.816. The number of amides is 1. The summed E-state index contributed by atoms with van der Waals surface area (Å²) in [6.45, 7) is 5.55. The van der Waals surface area contributed by atoms with Crippen LogP contribution in [0.2, 0.25) is 0 Å². The van der Waals surface area contributed by atoms with E-state index in [2.05, 4.69) is 15.9 Å². The lowest BCUT2D eigenvalue weighted by Crippen LogP contribution is -2.63. The van der Waals surface area contributed by atoms with Crippen LogP contribution in [-0.2, 0) is 4.79 Å². The lowest BCUT2D eigenvalue weighted by atomic mass is 10.1. The van der Waals surface area contributed by atoms with Crippen molar-refractivity contribution in [3.8, 4) is 0 Å². The molecule has 5 heteroatoms. The van der Waals surface area contributed by atoms with E-state index in [4.69, 9.17) is 4.42 Å². The van der Waals surface area contributed by atoms with Crippen LogP contribution < -0.4 is 0 Å². The molecule has 1 amide bonds. The Morgan fingerprint density at radius 3 is 3.00 bits per heavy atom. The normalized spacial score (nSPS) is 25.4. The Morgan fingerprint density at radius 2 is 2.20 bits per heavy atom. The van der Waals surface area contributed by atoms with E-state index in [-0.39, 0.29) is 11.9 Å². The minimum atomic E-state index is 0.0412. The Hall–Kier alpha value is -1.59. The van der Waals surface area contributed by atoms with Gasteiger partial charge in [-0.15, -0.1) is 0 Å². The Morgan fingerprint density at radius 1 is 1.35 bits per heavy atom. The van der Waals surface area contributed by atoms with Crippen LogP contribution >= 0.6 is 0 Å². The predicted octanol–water partition coefficient (Wildman–Crippen LogP) is 0.751. The third-order valence-corrected chi connectivity index (χ3v) is 4.15. The average Bonchev–Trinajstić information content (AvgIpc) is 2.97. The molecule has 2 fully saturated rings. The fraction of sp³-hybridized carbons (Fsp3) is 0.533. The Labute approximate surface area is 119 Å². The highest BCUT2D eigenvalue weighted by molar-refractivity contribution is 5.82. The molecule has 3 heterocycles. The number of rotatable bonds is 3. The topological polar surface area (TPSA) is 39.9 Å². The molecule has 20 heavy (non-hydrogen) atoms. The maximum atomic E-state index is 12.2. The summed E-state index contributed by atoms with van der Waals surface area (Å²) in [7, 11) is 1.90. The van der Waals surface area contributed by atoms with Gasteiger partial charge in [-0.3, -0.25) is 14.6 Å². The second-order valence-electron chi connectivity index (χ2n) is 5.49. The first-order chi connectivity index (χ1) is 9.74. The minimum Gasteiger partial charge on any atom is -0.465 e. The van der Waals surface area contributed by atoms with Crippen LogP contribution in [0.25, 0.3) is 6.08 Å². The monoisotopic (exact) mass is 275 g/mol. The maximum absolute atomic E-state index is 12.2. The van der Waals surface area contributed by atoms with Gasteiger partial charge in [0.25, 0.3) is 0 Å². The molecule has 2 aliphatic heterocycles. The predicted molar refractivity (Wildman–Crippen MR) is 77.2 cm³/mol. The number of fused-ring (bicyclic) bond motifs is 1. The standard InChI is InChI=1S/C15H21N3O2/c1-16-7-9-18-10-8-17(12-14(18)15(16)19)6-2-4-13-5-3-11-20-13/h2-5,11,14H,6-10,12H2,1H3. The highest BCUT2D eigenvalue weighted by Gasteiger charge is 2.36. The summed E-state index contributed by atoms with van der Waals surface area (Å²) >= 11 is 0. The van der Waals surface area contributed by atoms with Gasteiger partial charge in [0.05, 0.1) is 6.26 Å². The fourth-order valence-corrected chi connectivity index (χ4v) is 2.89. The molecule has 108 valence electrons. The van der Waals surface area contributed by atoms with Crippen molar-refractivity contribution in [2.45, 2.75) is 6.04 Å². The molecular formula is C15H21N3O2. The molecular weight excluding hydrogens is 254 g/mol. The first kappa shape index (κ1) is 13.4. The summed E-state index contributed by atoms with van der Waals surface area (Å²) in [4.78, 5) is 18.7. The highest BCUT2D eigenvalue weighted by Crippen LogP contribution is 2.16. The molecule has 1 aromatic heterocycles. The van der Waals surface area contributed by atoms with Crippen LogP contribution in [0.15, 0.2) is 28.9 Å². The second-order valence-corrected chi connectivity index (χ2v) is 5.49. The first-order valence-electron chi connectivity index (χ1n) is 7.15. The van der Waals surface area contributed by atoms with E-state index in [0.717, 1.165) is 45.0 Å². The maximum Gasteiger partial charge on any atom is 0.241 e. The zero-order chi connectivity index (χ0) is 13.9. The number of hydrogen-bond acceptors (Lipinski definition) is 4. The Balaban J connectivity index is 1.56. The molecule has 0 N–H and O–H groups in total. The summed E-state index contributed by atoms with van der Waals surface area (Å²) in [5, 5.41) is 0. The van der Waals surface area contributed by atoms with Gasteiger partial charge in [-0.2, -0.15) is 0 Å². The zero-order valence-corrected chi connectivity index (χ0v) is 11.9. The van der Waals surface area contributed by atoms with E-state index in [9.17, 15) is 4.79 Å². The van der Waals surface area contributed by atoms with Crippen molar-refractivity contribution in [3.05, 3.63) is 30.2 Å². The molecule has 0 bridgehead atoms. The number of piperazine rings is 2. The van der Waals surface area contributed by atoms with Crippen LogP contribution in [0, 0.1) is 0 Å². The van der Waals surface area contributed by atoms with Gasteiger partial charge in [-0.1, -0.05) is 6.08 Å². The molecule has 2 saturated heterocycles. The molecule has 1 unspecified atom stereocenters. The number of carbonyl (C=O) groups excluding carboxylic acids is 1. The van der Waals surface area contributed by atoms with Gasteiger partial charge in [-0.05, 0) is 18.2 Å². The van der Waals surface area contributed by atoms with E-state index < -0.39 is 0 Å². The summed E-state index contributed by atoms with van der Waals surface area (Å²) in [6.07, 6.45) is 5.77. The molecule has 0 saturated carbocycles. The Kier molecular flexibility index (Phi) is 3.89. The third-order valence-electron chi connectivity index (χ3n) is 4.15. The lowest BCUT2D eigenvalue weighted by Gasteiger charge is -2.45. The van der Waals surface area contributed by atoms with E-state index in [1.165, 1.54) is 0 Å². The van der Waals surface area contributed by atoms with E-state index >= 15 is 0 Å². The molecule has 5 nitrogen and oxygen atoms in total. The SMILES string of the molecule is CN1CCN2CCN(CC=Cc3ccco3)CC2C1=O. The van der Waals surface area contributed by atoms with Crippen molar-refractivity contribution in [3.63, 3.8) is 0 Å². The number of likely N-dealkylation sites (N-methyl/N-ethyl adjacent to an activating group) is 1. The number of nitrogens with zero attached hydrogens (tertiary/aromatic N) is 3. The van der Waals surface area contributed by atoms with Crippen molar-refractivity contribution in [2.24, 2.45) is 0 Å². The summed E-state index contributed by atoms with van der Waals surface area (Å²) in [5.74, 6) is 1.13. The molecule has 1 atom stereocenters. The van der Waals surface area contributed by atoms with Crippen molar-refractivity contribution in [2.75, 3.05) is 46.3 Å². The molecule has 1 aromatic rings. The molecule has 3 rings (SSSR count). The summed E-state index contributed by atoms with van der Waals surface area (Å²) in [6, 6.07) is 3.86. The van der Waals surface area contributed by atoms with Gasteiger partial charge < -0.3 is 9.32 Å². The van der Waals surface area contributed by atoms with Gasteiger partial charge in [0, 0.05) is 46.3 Å². The van der Waals surface area contributed by atoms with Gasteiger partial charge in [0.2, 0.25) is 5.91 Å². The smallest absolute Gasteiger partial charge is 0.241 e. The van der Waals surface area contributed by atoms with Crippen molar-refractivity contribution < 1.29 is 9.21 Å². The number of hydrogen-bond donors (Lipinski definition) is 0. The average molecular weight is 275 g/mol. The van der Waals surface area contributed by atoms with Crippen molar-refractivity contribution in [1.29, 1.82) is 0 Å². The molecule has 0 aliphatic carbocycles. The van der Waals surface area contributed by atoms with Crippen molar-refractivity contribution >= 4 is 12.0 Å². The van der Waals surface area contributed by atoms with Crippen LogP contribution in [0.4, 0.5) is 0 Å². The van der Waals surface area contributed by atoms with Gasteiger partial charge in [0.1, 0.15) is 11.8 Å². The van der Waals surface area contributed by atoms with E-state index in [0.29, 0.717) is 0 Å². The summed E-state index contributed by atoms with van der Waals surface area (Å²) in [5.41, 5.74) is 0. The zero-order valence-electron chi connectivity index (χ0n) is 11.9. The fourth-order valence-electron chi connectivity index (χ4n) is 2.89. The van der Waals surface area contributed by atoms with E-state index in [1.54, 1.807) is 6.26 Å². The lowest BCUT2D eigenvalue weighted by molar-refractivity contribution is -0.143. The van der Waals surface area contributed by atoms with Crippen LogP contribution in [0.1, 0.15) is 5.76 Å². The van der Waals surface area contributed by atoms with Gasteiger partial charge in [-0.25, -0.2) is 0 Å². The Bertz CT molecular complexity index is 483. The highest BCUT2D eigenvalue weighted by atomic mass is 16.3. The van der Waals surface area contributed by atoms with Gasteiger partial charge >= 0.3 is 0 Å². The third kappa shape index (κ3) is 2.78. The second kappa shape index (κ2) is 5.81. The molecule has 0 radical (unpaired) electrons. The summed E-state index contributed by atoms with van der Waals surface area (Å²) < 4.78 is 5.27. The molecule has 0 aromatic carbocycles. The minimum absolute atomic E-state index is 0.0412.